The van der Waals surface area contributed by atoms with Crippen LogP contribution in [0.5, 0.6) is 23.0 Å². The number of hydrogen-bond acceptors (Lipinski definition) is 6. The maximum Gasteiger partial charge on any atom is 0.231 e. The summed E-state index contributed by atoms with van der Waals surface area (Å²) in [6.07, 6.45) is 0.465. The summed E-state index contributed by atoms with van der Waals surface area (Å²) in [6, 6.07) is 22.3. The van der Waals surface area contributed by atoms with Gasteiger partial charge < -0.3 is 18.9 Å². The van der Waals surface area contributed by atoms with Crippen LogP contribution in [0.3, 0.4) is 0 Å². The molecule has 0 saturated heterocycles. The van der Waals surface area contributed by atoms with Crippen LogP contribution in [0.25, 0.3) is 0 Å². The molecule has 6 heteroatoms. The number of ether oxygens (including phenoxy) is 4. The Morgan fingerprint density at radius 3 is 2.77 bits per heavy atom. The molecule has 6 rings (SSSR count). The third kappa shape index (κ3) is 2.68. The van der Waals surface area contributed by atoms with Crippen molar-refractivity contribution in [2.24, 2.45) is 5.10 Å². The molecule has 30 heavy (non-hydrogen) atoms. The lowest BCUT2D eigenvalue weighted by atomic mass is 9.96. The van der Waals surface area contributed by atoms with Crippen molar-refractivity contribution < 1.29 is 18.9 Å². The van der Waals surface area contributed by atoms with Gasteiger partial charge in [-0.2, -0.15) is 5.10 Å². The van der Waals surface area contributed by atoms with Crippen molar-refractivity contribution in [3.8, 4) is 23.0 Å². The number of nitrogens with zero attached hydrogens (tertiary/aromatic N) is 2. The minimum absolute atomic E-state index is 0.103. The summed E-state index contributed by atoms with van der Waals surface area (Å²) in [5.74, 6) is 3.23. The lowest BCUT2D eigenvalue weighted by Crippen LogP contribution is -2.33. The summed E-state index contributed by atoms with van der Waals surface area (Å²) in [4.78, 5) is 0. The monoisotopic (exact) mass is 400 g/mol. The number of hydrazone groups is 1. The van der Waals surface area contributed by atoms with Crippen molar-refractivity contribution in [3.05, 3.63) is 83.4 Å². The van der Waals surface area contributed by atoms with Crippen molar-refractivity contribution >= 4 is 5.71 Å². The first-order valence-electron chi connectivity index (χ1n) is 9.95. The fourth-order valence-electron chi connectivity index (χ4n) is 4.30. The topological polar surface area (TPSA) is 52.5 Å². The van der Waals surface area contributed by atoms with E-state index in [2.05, 4.69) is 11.1 Å². The van der Waals surface area contributed by atoms with Crippen LogP contribution in [-0.4, -0.2) is 24.6 Å². The van der Waals surface area contributed by atoms with E-state index in [9.17, 15) is 0 Å². The van der Waals surface area contributed by atoms with Gasteiger partial charge in [-0.05, 0) is 36.4 Å². The summed E-state index contributed by atoms with van der Waals surface area (Å²) in [6.45, 7) is 0.263. The molecule has 150 valence electrons. The molecule has 2 atom stereocenters. The first-order chi connectivity index (χ1) is 14.8. The zero-order chi connectivity index (χ0) is 20.1. The van der Waals surface area contributed by atoms with Crippen molar-refractivity contribution in [2.75, 3.05) is 13.9 Å². The Labute approximate surface area is 174 Å². The molecule has 0 N–H and O–H groups in total. The van der Waals surface area contributed by atoms with Crippen molar-refractivity contribution in [1.29, 1.82) is 0 Å². The third-order valence-corrected chi connectivity index (χ3v) is 5.78. The van der Waals surface area contributed by atoms with Gasteiger partial charge in [-0.1, -0.05) is 30.3 Å². The molecule has 3 aliphatic rings. The lowest BCUT2D eigenvalue weighted by Gasteiger charge is -2.38. The van der Waals surface area contributed by atoms with Crippen LogP contribution in [0.4, 0.5) is 0 Å². The van der Waals surface area contributed by atoms with Gasteiger partial charge in [0.05, 0.1) is 18.9 Å². The molecule has 3 aliphatic heterocycles. The van der Waals surface area contributed by atoms with Crippen LogP contribution in [-0.2, 0) is 0 Å². The average Bonchev–Trinajstić information content (AvgIpc) is 3.45. The van der Waals surface area contributed by atoms with Gasteiger partial charge in [0, 0.05) is 23.1 Å². The summed E-state index contributed by atoms with van der Waals surface area (Å²) in [7, 11) is 1.67. The molecule has 0 unspecified atom stereocenters. The fourth-order valence-corrected chi connectivity index (χ4v) is 4.30. The smallest absolute Gasteiger partial charge is 0.231 e. The molecule has 0 radical (unpaired) electrons. The maximum absolute atomic E-state index is 6.41. The molecule has 0 saturated carbocycles. The second-order valence-corrected chi connectivity index (χ2v) is 7.50. The Morgan fingerprint density at radius 1 is 0.933 bits per heavy atom. The van der Waals surface area contributed by atoms with Gasteiger partial charge >= 0.3 is 0 Å². The van der Waals surface area contributed by atoms with Gasteiger partial charge in [0.2, 0.25) is 13.0 Å². The molecule has 3 heterocycles. The Hall–Kier alpha value is -3.67. The number of fused-ring (bicyclic) bond motifs is 4. The standard InChI is InChI=1S/C24H20N2O4/c1-27-17-6-4-5-16(11-17)24-26-20(18-7-2-3-8-21(18)30-24)13-19(25-26)15-9-10-22-23(12-15)29-14-28-22/h2-12,20,24H,13-14H2,1H3/t20-,24-/m0/s1. The molecular formula is C24H20N2O4. The van der Waals surface area contributed by atoms with Gasteiger partial charge in [0.1, 0.15) is 11.5 Å². The predicted molar refractivity (Wildman–Crippen MR) is 111 cm³/mol. The normalized spacial score (nSPS) is 20.8. The first kappa shape index (κ1) is 17.2. The average molecular weight is 400 g/mol. The second kappa shape index (κ2) is 6.69. The number of hydrogen-bond donors (Lipinski definition) is 0. The first-order valence-corrected chi connectivity index (χ1v) is 9.95. The summed E-state index contributed by atoms with van der Waals surface area (Å²) in [5, 5.41) is 7.07. The summed E-state index contributed by atoms with van der Waals surface area (Å²) < 4.78 is 22.8. The van der Waals surface area contributed by atoms with Gasteiger partial charge in [-0.15, -0.1) is 0 Å². The Morgan fingerprint density at radius 2 is 1.83 bits per heavy atom. The molecule has 0 amide bonds. The van der Waals surface area contributed by atoms with Crippen LogP contribution < -0.4 is 18.9 Å². The van der Waals surface area contributed by atoms with E-state index in [0.717, 1.165) is 51.8 Å². The van der Waals surface area contributed by atoms with E-state index < -0.39 is 0 Å². The van der Waals surface area contributed by atoms with Gasteiger partial charge in [0.15, 0.2) is 11.5 Å². The van der Waals surface area contributed by atoms with E-state index in [0.29, 0.717) is 0 Å². The van der Waals surface area contributed by atoms with Crippen molar-refractivity contribution in [3.63, 3.8) is 0 Å². The molecule has 0 bridgehead atoms. The highest BCUT2D eigenvalue weighted by atomic mass is 16.7. The number of benzene rings is 3. The molecule has 0 aromatic heterocycles. The highest BCUT2D eigenvalue weighted by Gasteiger charge is 2.41. The second-order valence-electron chi connectivity index (χ2n) is 7.50. The molecule has 3 aromatic carbocycles. The van der Waals surface area contributed by atoms with Crippen LogP contribution in [0.1, 0.15) is 35.4 Å². The largest absolute Gasteiger partial charge is 0.497 e. The van der Waals surface area contributed by atoms with Gasteiger partial charge in [-0.25, -0.2) is 5.01 Å². The van der Waals surface area contributed by atoms with Gasteiger partial charge in [-0.3, -0.25) is 0 Å². The quantitative estimate of drug-likeness (QED) is 0.640. The van der Waals surface area contributed by atoms with E-state index in [-0.39, 0.29) is 19.1 Å². The van der Waals surface area contributed by atoms with E-state index >= 15 is 0 Å². The Kier molecular flexibility index (Phi) is 3.84. The minimum Gasteiger partial charge on any atom is -0.497 e. The molecule has 6 nitrogen and oxygen atoms in total. The summed E-state index contributed by atoms with van der Waals surface area (Å²) >= 11 is 0. The molecular weight excluding hydrogens is 380 g/mol. The zero-order valence-electron chi connectivity index (χ0n) is 16.4. The number of rotatable bonds is 3. The fraction of sp³-hybridized carbons (Fsp3) is 0.208. The number of methoxy groups -OCH3 is 1. The maximum atomic E-state index is 6.41. The third-order valence-electron chi connectivity index (χ3n) is 5.78. The lowest BCUT2D eigenvalue weighted by molar-refractivity contribution is -0.0191. The zero-order valence-corrected chi connectivity index (χ0v) is 16.4. The van der Waals surface area contributed by atoms with Gasteiger partial charge in [0.25, 0.3) is 0 Å². The number of para-hydroxylation sites is 1. The molecule has 0 aliphatic carbocycles. The predicted octanol–water partition coefficient (Wildman–Crippen LogP) is 4.67. The highest BCUT2D eigenvalue weighted by Crippen LogP contribution is 2.48. The highest BCUT2D eigenvalue weighted by molar-refractivity contribution is 6.02. The SMILES string of the molecule is COc1cccc([C@@H]2Oc3ccccc3[C@@H]3CC(c4ccc5c(c4)OCO5)=NN32)c1. The van der Waals surface area contributed by atoms with E-state index in [1.54, 1.807) is 7.11 Å². The van der Waals surface area contributed by atoms with Crippen molar-refractivity contribution in [1.82, 2.24) is 5.01 Å². The van der Waals surface area contributed by atoms with Crippen LogP contribution in [0.2, 0.25) is 0 Å². The van der Waals surface area contributed by atoms with Crippen LogP contribution in [0, 0.1) is 0 Å². The van der Waals surface area contributed by atoms with E-state index in [1.165, 1.54) is 0 Å². The molecule has 0 fully saturated rings. The molecule has 0 spiro atoms. The van der Waals surface area contributed by atoms with Crippen LogP contribution >= 0.6 is 0 Å². The molecule has 3 aromatic rings. The Balaban J connectivity index is 1.43. The minimum atomic E-state index is -0.327. The summed E-state index contributed by atoms with van der Waals surface area (Å²) in [5.41, 5.74) is 4.20. The van der Waals surface area contributed by atoms with Crippen LogP contribution in [0.15, 0.2) is 71.8 Å². The van der Waals surface area contributed by atoms with E-state index in [4.69, 9.17) is 24.0 Å². The van der Waals surface area contributed by atoms with Crippen molar-refractivity contribution in [2.45, 2.75) is 18.7 Å². The van der Waals surface area contributed by atoms with E-state index in [1.807, 2.05) is 60.7 Å². The Bertz CT molecular complexity index is 1160.